The summed E-state index contributed by atoms with van der Waals surface area (Å²) in [6, 6.07) is -0.0460. The number of imide groups is 1. The Morgan fingerprint density at radius 1 is 1.10 bits per heavy atom. The number of hydrogen-bond acceptors (Lipinski definition) is 3. The first kappa shape index (κ1) is 14.1. The van der Waals surface area contributed by atoms with Crippen molar-refractivity contribution in [2.24, 2.45) is 17.1 Å². The van der Waals surface area contributed by atoms with Crippen LogP contribution in [0.25, 0.3) is 0 Å². The van der Waals surface area contributed by atoms with Gasteiger partial charge in [0, 0.05) is 13.0 Å². The number of nitrogens with two attached hydrogens (primary N) is 1. The Morgan fingerprint density at radius 2 is 1.75 bits per heavy atom. The van der Waals surface area contributed by atoms with Crippen molar-refractivity contribution < 1.29 is 9.59 Å². The Labute approximate surface area is 121 Å². The lowest BCUT2D eigenvalue weighted by atomic mass is 9.82. The number of carbonyl (C=O) groups excluding carboxylic acids is 2. The zero-order valence-electron chi connectivity index (χ0n) is 12.3. The molecule has 0 bridgehead atoms. The van der Waals surface area contributed by atoms with E-state index in [4.69, 9.17) is 5.73 Å². The maximum Gasteiger partial charge on any atom is 0.236 e. The van der Waals surface area contributed by atoms with Crippen LogP contribution in [0.1, 0.15) is 64.2 Å². The van der Waals surface area contributed by atoms with Gasteiger partial charge in [-0.15, -0.1) is 0 Å². The van der Waals surface area contributed by atoms with Gasteiger partial charge in [-0.3, -0.25) is 14.5 Å². The molecule has 0 radical (unpaired) electrons. The normalized spacial score (nSPS) is 28.6. The van der Waals surface area contributed by atoms with E-state index in [2.05, 4.69) is 0 Å². The van der Waals surface area contributed by atoms with E-state index in [1.807, 2.05) is 0 Å². The third kappa shape index (κ3) is 2.18. The summed E-state index contributed by atoms with van der Waals surface area (Å²) in [7, 11) is 0. The molecule has 0 aromatic rings. The highest BCUT2D eigenvalue weighted by atomic mass is 16.2. The van der Waals surface area contributed by atoms with Crippen LogP contribution in [0.3, 0.4) is 0 Å². The van der Waals surface area contributed by atoms with E-state index in [9.17, 15) is 9.59 Å². The molecular formula is C16H26N2O2. The van der Waals surface area contributed by atoms with E-state index in [1.165, 1.54) is 19.3 Å². The van der Waals surface area contributed by atoms with E-state index < -0.39 is 0 Å². The second-order valence-electron chi connectivity index (χ2n) is 6.93. The maximum absolute atomic E-state index is 12.8. The number of hydrogen-bond donors (Lipinski definition) is 1. The zero-order valence-corrected chi connectivity index (χ0v) is 12.3. The quantitative estimate of drug-likeness (QED) is 0.805. The SMILES string of the molecule is NCC(C1CCCCC1)N1C(=O)CC2(CCCC2)C1=O. The van der Waals surface area contributed by atoms with Crippen molar-refractivity contribution in [3.8, 4) is 0 Å². The molecule has 3 rings (SSSR count). The van der Waals surface area contributed by atoms with Gasteiger partial charge >= 0.3 is 0 Å². The predicted octanol–water partition coefficient (Wildman–Crippen LogP) is 2.21. The van der Waals surface area contributed by atoms with Crippen molar-refractivity contribution in [1.82, 2.24) is 4.90 Å². The minimum absolute atomic E-state index is 0.0397. The molecule has 4 heteroatoms. The fourth-order valence-corrected chi connectivity index (χ4v) is 4.62. The molecular weight excluding hydrogens is 252 g/mol. The van der Waals surface area contributed by atoms with Crippen molar-refractivity contribution in [1.29, 1.82) is 0 Å². The average Bonchev–Trinajstić information content (AvgIpc) is 3.02. The number of nitrogens with zero attached hydrogens (tertiary/aromatic N) is 1. The minimum Gasteiger partial charge on any atom is -0.328 e. The van der Waals surface area contributed by atoms with Gasteiger partial charge in [0.1, 0.15) is 0 Å². The van der Waals surface area contributed by atoms with Crippen molar-refractivity contribution in [2.45, 2.75) is 70.3 Å². The Kier molecular flexibility index (Phi) is 3.85. The second kappa shape index (κ2) is 5.47. The van der Waals surface area contributed by atoms with Crippen LogP contribution in [0, 0.1) is 11.3 Å². The fraction of sp³-hybridized carbons (Fsp3) is 0.875. The number of likely N-dealkylation sites (tertiary alicyclic amines) is 1. The highest BCUT2D eigenvalue weighted by molar-refractivity contribution is 6.06. The van der Waals surface area contributed by atoms with Crippen molar-refractivity contribution >= 4 is 11.8 Å². The summed E-state index contributed by atoms with van der Waals surface area (Å²) in [4.78, 5) is 26.9. The Hall–Kier alpha value is -0.900. The van der Waals surface area contributed by atoms with E-state index in [-0.39, 0.29) is 23.3 Å². The van der Waals surface area contributed by atoms with Gasteiger partial charge in [-0.05, 0) is 31.6 Å². The molecule has 2 amide bonds. The van der Waals surface area contributed by atoms with Crippen LogP contribution in [-0.4, -0.2) is 29.3 Å². The molecule has 2 aliphatic carbocycles. The first-order chi connectivity index (χ1) is 9.68. The van der Waals surface area contributed by atoms with Crippen molar-refractivity contribution in [3.63, 3.8) is 0 Å². The first-order valence-corrected chi connectivity index (χ1v) is 8.24. The first-order valence-electron chi connectivity index (χ1n) is 8.24. The Bertz CT molecular complexity index is 395. The predicted molar refractivity (Wildman–Crippen MR) is 76.8 cm³/mol. The van der Waals surface area contributed by atoms with E-state index in [0.29, 0.717) is 18.9 Å². The molecule has 4 nitrogen and oxygen atoms in total. The maximum atomic E-state index is 12.8. The molecule has 1 atom stereocenters. The fourth-order valence-electron chi connectivity index (χ4n) is 4.62. The Morgan fingerprint density at radius 3 is 2.35 bits per heavy atom. The third-order valence-corrected chi connectivity index (χ3v) is 5.76. The summed E-state index contributed by atoms with van der Waals surface area (Å²) in [5, 5.41) is 0. The standard InChI is InChI=1S/C16H26N2O2/c17-11-13(12-6-2-1-3-7-12)18-14(19)10-16(15(18)20)8-4-5-9-16/h12-13H,1-11,17H2. The number of amides is 2. The third-order valence-electron chi connectivity index (χ3n) is 5.76. The topological polar surface area (TPSA) is 63.4 Å². The van der Waals surface area contributed by atoms with Crippen LogP contribution in [0.5, 0.6) is 0 Å². The lowest BCUT2D eigenvalue weighted by Gasteiger charge is -2.35. The molecule has 3 fully saturated rings. The van der Waals surface area contributed by atoms with Crippen LogP contribution in [0.2, 0.25) is 0 Å². The van der Waals surface area contributed by atoms with Crippen LogP contribution in [0.15, 0.2) is 0 Å². The molecule has 1 spiro atoms. The minimum atomic E-state index is -0.348. The van der Waals surface area contributed by atoms with Gasteiger partial charge in [-0.25, -0.2) is 0 Å². The number of carbonyl (C=O) groups is 2. The molecule has 1 unspecified atom stereocenters. The van der Waals surface area contributed by atoms with E-state index in [0.717, 1.165) is 38.5 Å². The second-order valence-corrected chi connectivity index (χ2v) is 6.93. The summed E-state index contributed by atoms with van der Waals surface area (Å²) in [5.74, 6) is 0.567. The van der Waals surface area contributed by atoms with Gasteiger partial charge in [0.15, 0.2) is 0 Å². The molecule has 112 valence electrons. The summed E-state index contributed by atoms with van der Waals surface area (Å²) in [6.45, 7) is 0.429. The summed E-state index contributed by atoms with van der Waals surface area (Å²) in [5.41, 5.74) is 5.60. The van der Waals surface area contributed by atoms with Gasteiger partial charge in [-0.1, -0.05) is 32.1 Å². The lowest BCUT2D eigenvalue weighted by Crippen LogP contribution is -2.50. The molecule has 0 aromatic heterocycles. The van der Waals surface area contributed by atoms with Crippen LogP contribution in [-0.2, 0) is 9.59 Å². The lowest BCUT2D eigenvalue weighted by molar-refractivity contribution is -0.145. The molecule has 2 saturated carbocycles. The van der Waals surface area contributed by atoms with Crippen molar-refractivity contribution in [2.75, 3.05) is 6.54 Å². The van der Waals surface area contributed by atoms with Crippen LogP contribution < -0.4 is 5.73 Å². The van der Waals surface area contributed by atoms with E-state index in [1.54, 1.807) is 4.90 Å². The zero-order chi connectivity index (χ0) is 14.2. The molecule has 2 N–H and O–H groups in total. The van der Waals surface area contributed by atoms with Crippen molar-refractivity contribution in [3.05, 3.63) is 0 Å². The van der Waals surface area contributed by atoms with Gasteiger partial charge < -0.3 is 5.73 Å². The summed E-state index contributed by atoms with van der Waals surface area (Å²) >= 11 is 0. The van der Waals surface area contributed by atoms with Crippen LogP contribution in [0.4, 0.5) is 0 Å². The molecule has 1 heterocycles. The molecule has 0 aromatic carbocycles. The molecule has 1 saturated heterocycles. The number of rotatable bonds is 3. The highest BCUT2D eigenvalue weighted by Gasteiger charge is 2.54. The largest absolute Gasteiger partial charge is 0.328 e. The van der Waals surface area contributed by atoms with Crippen LogP contribution >= 0.6 is 0 Å². The van der Waals surface area contributed by atoms with E-state index >= 15 is 0 Å². The summed E-state index contributed by atoms with van der Waals surface area (Å²) < 4.78 is 0. The Balaban J connectivity index is 1.80. The van der Waals surface area contributed by atoms with Gasteiger partial charge in [0.2, 0.25) is 11.8 Å². The summed E-state index contributed by atoms with van der Waals surface area (Å²) in [6.07, 6.45) is 10.3. The highest BCUT2D eigenvalue weighted by Crippen LogP contribution is 2.48. The molecule has 20 heavy (non-hydrogen) atoms. The average molecular weight is 278 g/mol. The molecule has 1 aliphatic heterocycles. The van der Waals surface area contributed by atoms with Gasteiger partial charge in [0.05, 0.1) is 11.5 Å². The molecule has 3 aliphatic rings. The van der Waals surface area contributed by atoms with Gasteiger partial charge in [-0.2, -0.15) is 0 Å². The monoisotopic (exact) mass is 278 g/mol. The smallest absolute Gasteiger partial charge is 0.236 e. The van der Waals surface area contributed by atoms with Gasteiger partial charge in [0.25, 0.3) is 0 Å².